The van der Waals surface area contributed by atoms with Gasteiger partial charge in [0.1, 0.15) is 0 Å². The monoisotopic (exact) mass is 333 g/mol. The summed E-state index contributed by atoms with van der Waals surface area (Å²) in [5.74, 6) is 2.24. The minimum absolute atomic E-state index is 0.336. The minimum Gasteiger partial charge on any atom is -0.207 e. The molecule has 0 bridgehead atoms. The fraction of sp³-hybridized carbons (Fsp3) is 0.571. The van der Waals surface area contributed by atoms with Gasteiger partial charge >= 0.3 is 0 Å². The summed E-state index contributed by atoms with van der Waals surface area (Å²) in [6.45, 7) is 3.19. The average molecular weight is 334 g/mol. The normalized spacial score (nSPS) is 17.9. The lowest BCUT2D eigenvalue weighted by Crippen LogP contribution is -2.33. The molecule has 0 atom stereocenters. The van der Waals surface area contributed by atoms with Gasteiger partial charge in [-0.2, -0.15) is 16.1 Å². The fourth-order valence-electron chi connectivity index (χ4n) is 2.32. The zero-order valence-electron chi connectivity index (χ0n) is 11.6. The molecule has 0 aliphatic carbocycles. The van der Waals surface area contributed by atoms with Crippen molar-refractivity contribution in [3.8, 4) is 0 Å². The van der Waals surface area contributed by atoms with Gasteiger partial charge in [0.05, 0.1) is 4.90 Å². The molecule has 3 nitrogen and oxygen atoms in total. The number of sulfonamides is 1. The van der Waals surface area contributed by atoms with Gasteiger partial charge in [0, 0.05) is 24.7 Å². The van der Waals surface area contributed by atoms with Crippen molar-refractivity contribution < 1.29 is 8.42 Å². The fourth-order valence-corrected chi connectivity index (χ4v) is 5.31. The minimum atomic E-state index is -3.40. The van der Waals surface area contributed by atoms with Gasteiger partial charge in [0.15, 0.2) is 0 Å². The molecule has 1 aliphatic rings. The lowest BCUT2D eigenvalue weighted by Gasteiger charge is -2.21. The first kappa shape index (κ1) is 16.1. The van der Waals surface area contributed by atoms with Crippen LogP contribution in [-0.2, 0) is 22.3 Å². The predicted molar refractivity (Wildman–Crippen MR) is 86.1 cm³/mol. The van der Waals surface area contributed by atoms with Crippen LogP contribution in [0.1, 0.15) is 24.5 Å². The van der Waals surface area contributed by atoms with E-state index >= 15 is 0 Å². The molecule has 1 aliphatic heterocycles. The van der Waals surface area contributed by atoms with Crippen LogP contribution >= 0.6 is 23.4 Å². The van der Waals surface area contributed by atoms with Crippen molar-refractivity contribution in [1.82, 2.24) is 4.31 Å². The van der Waals surface area contributed by atoms with Gasteiger partial charge in [-0.05, 0) is 35.8 Å². The molecular weight excluding hydrogens is 314 g/mol. The second-order valence-electron chi connectivity index (χ2n) is 4.80. The Hall–Kier alpha value is -0.230. The molecule has 0 saturated carbocycles. The van der Waals surface area contributed by atoms with Gasteiger partial charge in [-0.3, -0.25) is 0 Å². The molecule has 1 aromatic carbocycles. The van der Waals surface area contributed by atoms with Crippen LogP contribution in [0.5, 0.6) is 0 Å². The number of rotatable bonds is 4. The third-order valence-corrected chi connectivity index (χ3v) is 6.80. The van der Waals surface area contributed by atoms with Gasteiger partial charge in [-0.25, -0.2) is 8.42 Å². The second-order valence-corrected chi connectivity index (χ2v) is 8.20. The van der Waals surface area contributed by atoms with Crippen LogP contribution in [0.25, 0.3) is 0 Å². The van der Waals surface area contributed by atoms with Crippen molar-refractivity contribution in [3.05, 3.63) is 29.3 Å². The maximum atomic E-state index is 12.9. The van der Waals surface area contributed by atoms with E-state index in [1.54, 1.807) is 10.4 Å². The van der Waals surface area contributed by atoms with E-state index in [9.17, 15) is 8.42 Å². The standard InChI is InChI=1S/C14H20ClNO2S2/c1-2-13-5-4-12(11-15)10-14(13)20(17,18)16-6-3-8-19-9-7-16/h4-5,10H,2-3,6-9,11H2,1H3. The second kappa shape index (κ2) is 7.16. The Kier molecular flexibility index (Phi) is 5.78. The summed E-state index contributed by atoms with van der Waals surface area (Å²) < 4.78 is 27.3. The average Bonchev–Trinajstić information content (AvgIpc) is 2.76. The predicted octanol–water partition coefficient (Wildman–Crippen LogP) is 3.12. The number of thioether (sulfide) groups is 1. The van der Waals surface area contributed by atoms with Crippen LogP contribution in [0.15, 0.2) is 23.1 Å². The molecule has 112 valence electrons. The van der Waals surface area contributed by atoms with E-state index in [0.29, 0.717) is 30.3 Å². The lowest BCUT2D eigenvalue weighted by atomic mass is 10.1. The molecule has 0 aromatic heterocycles. The molecule has 2 rings (SSSR count). The molecule has 1 fully saturated rings. The van der Waals surface area contributed by atoms with Crippen molar-refractivity contribution in [2.24, 2.45) is 0 Å². The smallest absolute Gasteiger partial charge is 0.207 e. The van der Waals surface area contributed by atoms with Gasteiger partial charge < -0.3 is 0 Å². The molecule has 1 heterocycles. The molecule has 0 spiro atoms. The first-order valence-corrected chi connectivity index (χ1v) is 9.98. The van der Waals surface area contributed by atoms with Crippen molar-refractivity contribution in [3.63, 3.8) is 0 Å². The molecular formula is C14H20ClNO2S2. The van der Waals surface area contributed by atoms with E-state index in [1.807, 2.05) is 30.8 Å². The first-order chi connectivity index (χ1) is 9.59. The topological polar surface area (TPSA) is 37.4 Å². The summed E-state index contributed by atoms with van der Waals surface area (Å²) in [5, 5.41) is 0. The van der Waals surface area contributed by atoms with E-state index < -0.39 is 10.0 Å². The van der Waals surface area contributed by atoms with E-state index in [1.165, 1.54) is 0 Å². The lowest BCUT2D eigenvalue weighted by molar-refractivity contribution is 0.434. The first-order valence-electron chi connectivity index (χ1n) is 6.85. The highest BCUT2D eigenvalue weighted by molar-refractivity contribution is 7.99. The maximum Gasteiger partial charge on any atom is 0.243 e. The highest BCUT2D eigenvalue weighted by Crippen LogP contribution is 2.25. The van der Waals surface area contributed by atoms with Crippen molar-refractivity contribution in [2.45, 2.75) is 30.5 Å². The van der Waals surface area contributed by atoms with Gasteiger partial charge in [0.2, 0.25) is 10.0 Å². The van der Waals surface area contributed by atoms with Crippen LogP contribution in [0, 0.1) is 0 Å². The number of hydrogen-bond acceptors (Lipinski definition) is 3. The Balaban J connectivity index is 2.41. The summed E-state index contributed by atoms with van der Waals surface area (Å²) in [6.07, 6.45) is 1.63. The molecule has 0 N–H and O–H groups in total. The number of benzene rings is 1. The van der Waals surface area contributed by atoms with Crippen LogP contribution in [0.4, 0.5) is 0 Å². The van der Waals surface area contributed by atoms with Gasteiger partial charge in [-0.15, -0.1) is 11.6 Å². The van der Waals surface area contributed by atoms with Crippen LogP contribution in [0.3, 0.4) is 0 Å². The van der Waals surface area contributed by atoms with E-state index in [2.05, 4.69) is 0 Å². The van der Waals surface area contributed by atoms with Gasteiger partial charge in [-0.1, -0.05) is 19.1 Å². The van der Waals surface area contributed by atoms with Crippen molar-refractivity contribution >= 4 is 33.4 Å². The maximum absolute atomic E-state index is 12.9. The number of halogens is 1. The summed E-state index contributed by atoms with van der Waals surface area (Å²) in [4.78, 5) is 0.435. The molecule has 20 heavy (non-hydrogen) atoms. The van der Waals surface area contributed by atoms with Crippen LogP contribution in [0.2, 0.25) is 0 Å². The van der Waals surface area contributed by atoms with Crippen molar-refractivity contribution in [2.75, 3.05) is 24.6 Å². The quantitative estimate of drug-likeness (QED) is 0.794. The summed E-state index contributed by atoms with van der Waals surface area (Å²) in [7, 11) is -3.40. The van der Waals surface area contributed by atoms with E-state index in [4.69, 9.17) is 11.6 Å². The number of nitrogens with zero attached hydrogens (tertiary/aromatic N) is 1. The van der Waals surface area contributed by atoms with Crippen LogP contribution in [-0.4, -0.2) is 37.3 Å². The van der Waals surface area contributed by atoms with Gasteiger partial charge in [0.25, 0.3) is 0 Å². The summed E-state index contributed by atoms with van der Waals surface area (Å²) in [5.41, 5.74) is 1.72. The van der Waals surface area contributed by atoms with Crippen LogP contribution < -0.4 is 0 Å². The molecule has 0 radical (unpaired) electrons. The number of alkyl halides is 1. The Morgan fingerprint density at radius 2 is 2.10 bits per heavy atom. The zero-order valence-corrected chi connectivity index (χ0v) is 14.0. The third kappa shape index (κ3) is 3.50. The molecule has 0 unspecified atom stereocenters. The van der Waals surface area contributed by atoms with E-state index in [-0.39, 0.29) is 0 Å². The molecule has 6 heteroatoms. The highest BCUT2D eigenvalue weighted by atomic mass is 35.5. The largest absolute Gasteiger partial charge is 0.243 e. The molecule has 0 amide bonds. The Morgan fingerprint density at radius 1 is 1.30 bits per heavy atom. The van der Waals surface area contributed by atoms with E-state index in [0.717, 1.165) is 29.1 Å². The third-order valence-electron chi connectivity index (χ3n) is 3.47. The molecule has 1 saturated heterocycles. The Morgan fingerprint density at radius 3 is 2.80 bits per heavy atom. The Labute approximate surface area is 130 Å². The SMILES string of the molecule is CCc1ccc(CCl)cc1S(=O)(=O)N1CCCSCC1. The van der Waals surface area contributed by atoms with Crippen molar-refractivity contribution in [1.29, 1.82) is 0 Å². The summed E-state index contributed by atoms with van der Waals surface area (Å²) >= 11 is 7.67. The number of hydrogen-bond donors (Lipinski definition) is 0. The number of aryl methyl sites for hydroxylation is 1. The zero-order chi connectivity index (χ0) is 14.6. The Bertz CT molecular complexity index is 552. The summed E-state index contributed by atoms with van der Waals surface area (Å²) in [6, 6.07) is 5.53. The highest BCUT2D eigenvalue weighted by Gasteiger charge is 2.27. The molecule has 1 aromatic rings.